The van der Waals surface area contributed by atoms with Crippen LogP contribution in [0, 0.1) is 6.92 Å². The van der Waals surface area contributed by atoms with E-state index in [-0.39, 0.29) is 12.5 Å². The van der Waals surface area contributed by atoms with E-state index in [1.165, 1.54) is 4.90 Å². The van der Waals surface area contributed by atoms with Gasteiger partial charge in [0, 0.05) is 18.5 Å². The molecule has 0 heterocycles. The standard InChI is InChI=1S/C27H33N3O4S/c1-5-17-28-27(32)21(3)29(18-23-13-7-6-11-20(23)2)26(31)19-30(35(4,33)34)25-16-10-14-22-12-8-9-15-24(22)25/h6-16,21H,5,17-19H2,1-4H3,(H,28,32)/t21-/m1/s1. The summed E-state index contributed by atoms with van der Waals surface area (Å²) in [6.45, 7) is 5.85. The third kappa shape index (κ3) is 6.39. The van der Waals surface area contributed by atoms with Crippen molar-refractivity contribution in [2.75, 3.05) is 23.7 Å². The first-order chi connectivity index (χ1) is 16.6. The van der Waals surface area contributed by atoms with Gasteiger partial charge in [0.25, 0.3) is 0 Å². The fourth-order valence-electron chi connectivity index (χ4n) is 3.97. The van der Waals surface area contributed by atoms with Crippen LogP contribution < -0.4 is 9.62 Å². The Morgan fingerprint density at radius 1 is 0.971 bits per heavy atom. The lowest BCUT2D eigenvalue weighted by atomic mass is 10.1. The molecule has 0 radical (unpaired) electrons. The highest BCUT2D eigenvalue weighted by molar-refractivity contribution is 7.92. The predicted octanol–water partition coefficient (Wildman–Crippen LogP) is 3.86. The van der Waals surface area contributed by atoms with Crippen molar-refractivity contribution in [1.29, 1.82) is 0 Å². The molecule has 0 aliphatic heterocycles. The topological polar surface area (TPSA) is 86.8 Å². The lowest BCUT2D eigenvalue weighted by Crippen LogP contribution is -2.51. The minimum absolute atomic E-state index is 0.194. The maximum Gasteiger partial charge on any atom is 0.244 e. The van der Waals surface area contributed by atoms with Crippen molar-refractivity contribution in [2.45, 2.75) is 39.8 Å². The first-order valence-corrected chi connectivity index (χ1v) is 13.6. The van der Waals surface area contributed by atoms with E-state index in [4.69, 9.17) is 0 Å². The normalized spacial score (nSPS) is 12.2. The summed E-state index contributed by atoms with van der Waals surface area (Å²) in [7, 11) is -3.79. The SMILES string of the molecule is CCCNC(=O)[C@@H](C)N(Cc1ccccc1C)C(=O)CN(c1cccc2ccccc12)S(C)(=O)=O. The van der Waals surface area contributed by atoms with Crippen molar-refractivity contribution in [2.24, 2.45) is 0 Å². The Morgan fingerprint density at radius 2 is 1.63 bits per heavy atom. The summed E-state index contributed by atoms with van der Waals surface area (Å²) in [6, 6.07) is 19.7. The summed E-state index contributed by atoms with van der Waals surface area (Å²) in [5.74, 6) is -0.726. The third-order valence-corrected chi connectivity index (χ3v) is 7.16. The molecule has 0 bridgehead atoms. The number of benzene rings is 3. The van der Waals surface area contributed by atoms with Gasteiger partial charge in [-0.2, -0.15) is 0 Å². The Labute approximate surface area is 207 Å². The maximum atomic E-state index is 13.7. The van der Waals surface area contributed by atoms with Gasteiger partial charge in [0.05, 0.1) is 11.9 Å². The minimum atomic E-state index is -3.79. The number of carbonyl (C=O) groups is 2. The number of nitrogens with one attached hydrogen (secondary N) is 1. The zero-order valence-electron chi connectivity index (χ0n) is 20.7. The van der Waals surface area contributed by atoms with Crippen LogP contribution in [-0.2, 0) is 26.2 Å². The number of fused-ring (bicyclic) bond motifs is 1. The quantitative estimate of drug-likeness (QED) is 0.463. The van der Waals surface area contributed by atoms with Crippen molar-refractivity contribution < 1.29 is 18.0 Å². The zero-order valence-corrected chi connectivity index (χ0v) is 21.5. The molecule has 0 saturated carbocycles. The molecule has 1 atom stereocenters. The lowest BCUT2D eigenvalue weighted by molar-refractivity contribution is -0.139. The summed E-state index contributed by atoms with van der Waals surface area (Å²) < 4.78 is 26.9. The number of sulfonamides is 1. The molecular weight excluding hydrogens is 462 g/mol. The third-order valence-electron chi connectivity index (χ3n) is 6.03. The van der Waals surface area contributed by atoms with Gasteiger partial charge in [0.2, 0.25) is 21.8 Å². The van der Waals surface area contributed by atoms with Crippen LogP contribution in [0.1, 0.15) is 31.4 Å². The fraction of sp³-hybridized carbons (Fsp3) is 0.333. The second-order valence-corrected chi connectivity index (χ2v) is 10.6. The Morgan fingerprint density at radius 3 is 2.31 bits per heavy atom. The highest BCUT2D eigenvalue weighted by atomic mass is 32.2. The molecule has 0 aliphatic carbocycles. The highest BCUT2D eigenvalue weighted by Crippen LogP contribution is 2.28. The Balaban J connectivity index is 1.99. The zero-order chi connectivity index (χ0) is 25.6. The van der Waals surface area contributed by atoms with E-state index >= 15 is 0 Å². The molecule has 3 aromatic rings. The van der Waals surface area contributed by atoms with Crippen molar-refractivity contribution in [3.8, 4) is 0 Å². The molecule has 186 valence electrons. The summed E-state index contributed by atoms with van der Waals surface area (Å²) in [6.07, 6.45) is 1.86. The molecule has 0 aliphatic rings. The molecule has 0 spiro atoms. The Bertz CT molecular complexity index is 1300. The summed E-state index contributed by atoms with van der Waals surface area (Å²) in [4.78, 5) is 28.0. The number of rotatable bonds is 10. The average molecular weight is 496 g/mol. The average Bonchev–Trinajstić information content (AvgIpc) is 2.83. The molecular formula is C27H33N3O4S. The van der Waals surface area contributed by atoms with Crippen molar-refractivity contribution in [1.82, 2.24) is 10.2 Å². The first-order valence-electron chi connectivity index (χ1n) is 11.7. The van der Waals surface area contributed by atoms with Gasteiger partial charge in [-0.3, -0.25) is 13.9 Å². The van der Waals surface area contributed by atoms with Gasteiger partial charge < -0.3 is 10.2 Å². The van der Waals surface area contributed by atoms with Crippen LogP contribution in [0.2, 0.25) is 0 Å². The second kappa shape index (κ2) is 11.4. The fourth-order valence-corrected chi connectivity index (χ4v) is 4.83. The smallest absolute Gasteiger partial charge is 0.244 e. The number of carbonyl (C=O) groups excluding carboxylic acids is 2. The molecule has 0 aromatic heterocycles. The van der Waals surface area contributed by atoms with Crippen LogP contribution in [0.25, 0.3) is 10.8 Å². The monoisotopic (exact) mass is 495 g/mol. The number of nitrogens with zero attached hydrogens (tertiary/aromatic N) is 2. The summed E-state index contributed by atoms with van der Waals surface area (Å²) in [5.41, 5.74) is 2.31. The van der Waals surface area contributed by atoms with E-state index in [2.05, 4.69) is 5.32 Å². The van der Waals surface area contributed by atoms with Crippen LogP contribution in [0.5, 0.6) is 0 Å². The molecule has 8 heteroatoms. The molecule has 7 nitrogen and oxygen atoms in total. The summed E-state index contributed by atoms with van der Waals surface area (Å²) in [5, 5.41) is 4.44. The van der Waals surface area contributed by atoms with Crippen molar-refractivity contribution in [3.05, 3.63) is 77.9 Å². The van der Waals surface area contributed by atoms with Gasteiger partial charge in [-0.25, -0.2) is 8.42 Å². The number of hydrogen-bond acceptors (Lipinski definition) is 4. The minimum Gasteiger partial charge on any atom is -0.354 e. The first kappa shape index (κ1) is 26.2. The van der Waals surface area contributed by atoms with Crippen LogP contribution >= 0.6 is 0 Å². The number of hydrogen-bond donors (Lipinski definition) is 1. The molecule has 3 aromatic carbocycles. The highest BCUT2D eigenvalue weighted by Gasteiger charge is 2.30. The van der Waals surface area contributed by atoms with Crippen LogP contribution in [-0.4, -0.2) is 50.5 Å². The number of amides is 2. The largest absolute Gasteiger partial charge is 0.354 e. The molecule has 3 rings (SSSR count). The van der Waals surface area contributed by atoms with Gasteiger partial charge >= 0.3 is 0 Å². The van der Waals surface area contributed by atoms with Gasteiger partial charge in [-0.15, -0.1) is 0 Å². The molecule has 0 saturated heterocycles. The van der Waals surface area contributed by atoms with E-state index in [9.17, 15) is 18.0 Å². The molecule has 0 fully saturated rings. The molecule has 2 amide bonds. The maximum absolute atomic E-state index is 13.7. The van der Waals surface area contributed by atoms with Gasteiger partial charge in [-0.1, -0.05) is 67.6 Å². The van der Waals surface area contributed by atoms with E-state index in [0.717, 1.165) is 38.9 Å². The van der Waals surface area contributed by atoms with Crippen molar-refractivity contribution in [3.63, 3.8) is 0 Å². The van der Waals surface area contributed by atoms with Crippen LogP contribution in [0.4, 0.5) is 5.69 Å². The Kier molecular flexibility index (Phi) is 8.51. The van der Waals surface area contributed by atoms with Gasteiger partial charge in [0.15, 0.2) is 0 Å². The van der Waals surface area contributed by atoms with E-state index in [1.807, 2.05) is 68.4 Å². The van der Waals surface area contributed by atoms with E-state index < -0.39 is 28.5 Å². The van der Waals surface area contributed by atoms with E-state index in [0.29, 0.717) is 12.2 Å². The molecule has 1 N–H and O–H groups in total. The molecule has 0 unspecified atom stereocenters. The molecule has 35 heavy (non-hydrogen) atoms. The van der Waals surface area contributed by atoms with Gasteiger partial charge in [-0.05, 0) is 42.8 Å². The predicted molar refractivity (Wildman–Crippen MR) is 141 cm³/mol. The number of aryl methyl sites for hydroxylation is 1. The summed E-state index contributed by atoms with van der Waals surface area (Å²) >= 11 is 0. The second-order valence-electron chi connectivity index (χ2n) is 8.68. The van der Waals surface area contributed by atoms with Crippen molar-refractivity contribution >= 4 is 38.3 Å². The number of anilines is 1. The van der Waals surface area contributed by atoms with E-state index in [1.54, 1.807) is 19.1 Å². The van der Waals surface area contributed by atoms with Gasteiger partial charge in [0.1, 0.15) is 12.6 Å². The Hall–Kier alpha value is -3.39. The lowest BCUT2D eigenvalue weighted by Gasteiger charge is -2.32. The van der Waals surface area contributed by atoms with Crippen LogP contribution in [0.3, 0.4) is 0 Å². The van der Waals surface area contributed by atoms with Crippen LogP contribution in [0.15, 0.2) is 66.7 Å².